The molecule has 3 atom stereocenters. The van der Waals surface area contributed by atoms with Crippen LogP contribution in [0.2, 0.25) is 0 Å². The molecule has 1 heterocycles. The Balaban J connectivity index is 2.51. The van der Waals surface area contributed by atoms with E-state index in [9.17, 15) is 0 Å². The molecule has 1 saturated heterocycles. The lowest BCUT2D eigenvalue weighted by Gasteiger charge is -2.20. The predicted octanol–water partition coefficient (Wildman–Crippen LogP) is 0.633. The largest absolute Gasteiger partial charge is 0.375 e. The van der Waals surface area contributed by atoms with Gasteiger partial charge in [0, 0.05) is 6.61 Å². The van der Waals surface area contributed by atoms with Crippen LogP contribution in [0, 0.1) is 18.3 Å². The van der Waals surface area contributed by atoms with E-state index in [-0.39, 0.29) is 12.1 Å². The Morgan fingerprint density at radius 3 is 2.82 bits per heavy atom. The fourth-order valence-electron chi connectivity index (χ4n) is 1.49. The molecule has 1 aliphatic heterocycles. The third kappa shape index (κ3) is 1.74. The minimum absolute atomic E-state index is 0.0764. The fourth-order valence-corrected chi connectivity index (χ4v) is 1.49. The lowest BCUT2D eigenvalue weighted by Crippen LogP contribution is -2.38. The van der Waals surface area contributed by atoms with E-state index in [2.05, 4.69) is 18.2 Å². The maximum atomic E-state index is 5.50. The van der Waals surface area contributed by atoms with Crippen LogP contribution in [0.3, 0.4) is 0 Å². The third-order valence-corrected chi connectivity index (χ3v) is 2.26. The van der Waals surface area contributed by atoms with E-state index in [4.69, 9.17) is 11.2 Å². The normalized spacial score (nSPS) is 33.2. The average molecular weight is 153 g/mol. The Morgan fingerprint density at radius 1 is 1.73 bits per heavy atom. The van der Waals surface area contributed by atoms with Crippen LogP contribution < -0.4 is 5.32 Å². The molecular formula is C9H15NO. The maximum absolute atomic E-state index is 5.50. The fraction of sp³-hybridized carbons (Fsp3) is 0.778. The molecule has 0 aromatic heterocycles. The van der Waals surface area contributed by atoms with Gasteiger partial charge in [0.2, 0.25) is 0 Å². The van der Waals surface area contributed by atoms with Crippen molar-refractivity contribution >= 4 is 0 Å². The first kappa shape index (κ1) is 8.58. The van der Waals surface area contributed by atoms with Crippen molar-refractivity contribution in [1.29, 1.82) is 0 Å². The monoisotopic (exact) mass is 153 g/mol. The number of hydrogen-bond acceptors (Lipinski definition) is 2. The summed E-state index contributed by atoms with van der Waals surface area (Å²) in [5.74, 6) is 3.27. The standard InChI is InChI=1S/C9H15NO/c1-4-8(10-3)9-7(2)5-6-11-9/h1,7-10H,5-6H2,2-3H3. The highest BCUT2D eigenvalue weighted by Crippen LogP contribution is 2.22. The summed E-state index contributed by atoms with van der Waals surface area (Å²) in [6.45, 7) is 3.03. The summed E-state index contributed by atoms with van der Waals surface area (Å²) in [6.07, 6.45) is 6.68. The van der Waals surface area contributed by atoms with E-state index < -0.39 is 0 Å². The van der Waals surface area contributed by atoms with Crippen molar-refractivity contribution in [2.24, 2.45) is 5.92 Å². The molecule has 1 fully saturated rings. The van der Waals surface area contributed by atoms with Crippen LogP contribution in [0.25, 0.3) is 0 Å². The molecule has 11 heavy (non-hydrogen) atoms. The highest BCUT2D eigenvalue weighted by atomic mass is 16.5. The van der Waals surface area contributed by atoms with Crippen LogP contribution in [0.4, 0.5) is 0 Å². The van der Waals surface area contributed by atoms with Gasteiger partial charge in [-0.1, -0.05) is 12.8 Å². The molecule has 0 aromatic carbocycles. The van der Waals surface area contributed by atoms with E-state index in [1.807, 2.05) is 7.05 Å². The Bertz CT molecular complexity index is 161. The van der Waals surface area contributed by atoms with Crippen LogP contribution >= 0.6 is 0 Å². The van der Waals surface area contributed by atoms with Crippen LogP contribution in [-0.2, 0) is 4.74 Å². The minimum Gasteiger partial charge on any atom is -0.375 e. The van der Waals surface area contributed by atoms with Gasteiger partial charge in [-0.05, 0) is 19.4 Å². The first-order valence-corrected chi connectivity index (χ1v) is 4.04. The molecule has 0 radical (unpaired) electrons. The molecule has 1 aliphatic rings. The Kier molecular flexibility index (Phi) is 2.92. The summed E-state index contributed by atoms with van der Waals surface area (Å²) in [6, 6.07) is 0.0764. The number of rotatable bonds is 2. The molecule has 0 aliphatic carbocycles. The van der Waals surface area contributed by atoms with E-state index in [0.717, 1.165) is 13.0 Å². The van der Waals surface area contributed by atoms with Gasteiger partial charge in [-0.15, -0.1) is 6.42 Å². The summed E-state index contributed by atoms with van der Waals surface area (Å²) < 4.78 is 5.50. The molecule has 0 amide bonds. The zero-order chi connectivity index (χ0) is 8.27. The highest BCUT2D eigenvalue weighted by molar-refractivity contribution is 5.04. The molecule has 0 spiro atoms. The van der Waals surface area contributed by atoms with Crippen LogP contribution in [0.15, 0.2) is 0 Å². The van der Waals surface area contributed by atoms with Gasteiger partial charge in [0.25, 0.3) is 0 Å². The van der Waals surface area contributed by atoms with Crippen molar-refractivity contribution in [3.05, 3.63) is 0 Å². The van der Waals surface area contributed by atoms with Crippen molar-refractivity contribution in [2.45, 2.75) is 25.5 Å². The second-order valence-corrected chi connectivity index (χ2v) is 3.03. The maximum Gasteiger partial charge on any atom is 0.0952 e. The summed E-state index contributed by atoms with van der Waals surface area (Å²) in [5.41, 5.74) is 0. The molecule has 0 saturated carbocycles. The number of nitrogens with one attached hydrogen (secondary N) is 1. The first-order chi connectivity index (χ1) is 5.29. The molecular weight excluding hydrogens is 138 g/mol. The second kappa shape index (κ2) is 3.75. The molecule has 3 unspecified atom stereocenters. The van der Waals surface area contributed by atoms with Gasteiger partial charge in [-0.3, -0.25) is 0 Å². The number of hydrogen-bond donors (Lipinski definition) is 1. The summed E-state index contributed by atoms with van der Waals surface area (Å²) in [7, 11) is 1.87. The van der Waals surface area contributed by atoms with E-state index in [1.54, 1.807) is 0 Å². The number of ether oxygens (including phenoxy) is 1. The van der Waals surface area contributed by atoms with Crippen molar-refractivity contribution in [1.82, 2.24) is 5.32 Å². The zero-order valence-corrected chi connectivity index (χ0v) is 7.13. The lowest BCUT2D eigenvalue weighted by atomic mass is 9.98. The Morgan fingerprint density at radius 2 is 2.45 bits per heavy atom. The number of terminal acetylenes is 1. The van der Waals surface area contributed by atoms with Gasteiger partial charge in [-0.25, -0.2) is 0 Å². The summed E-state index contributed by atoms with van der Waals surface area (Å²) in [5, 5.41) is 3.06. The Labute approximate surface area is 68.3 Å². The molecule has 1 rings (SSSR count). The topological polar surface area (TPSA) is 21.3 Å². The number of likely N-dealkylation sites (N-methyl/N-ethyl adjacent to an activating group) is 1. The quantitative estimate of drug-likeness (QED) is 0.588. The van der Waals surface area contributed by atoms with Gasteiger partial charge in [0.05, 0.1) is 12.1 Å². The van der Waals surface area contributed by atoms with Gasteiger partial charge in [0.15, 0.2) is 0 Å². The van der Waals surface area contributed by atoms with Crippen molar-refractivity contribution < 1.29 is 4.74 Å². The molecule has 0 aromatic rings. The second-order valence-electron chi connectivity index (χ2n) is 3.03. The van der Waals surface area contributed by atoms with Gasteiger partial charge in [0.1, 0.15) is 0 Å². The van der Waals surface area contributed by atoms with Crippen LogP contribution in [-0.4, -0.2) is 25.8 Å². The van der Waals surface area contributed by atoms with E-state index in [0.29, 0.717) is 5.92 Å². The zero-order valence-electron chi connectivity index (χ0n) is 7.13. The third-order valence-electron chi connectivity index (χ3n) is 2.26. The van der Waals surface area contributed by atoms with Crippen molar-refractivity contribution in [2.75, 3.05) is 13.7 Å². The first-order valence-electron chi connectivity index (χ1n) is 4.04. The van der Waals surface area contributed by atoms with E-state index >= 15 is 0 Å². The molecule has 1 N–H and O–H groups in total. The lowest BCUT2D eigenvalue weighted by molar-refractivity contribution is 0.0788. The summed E-state index contributed by atoms with van der Waals surface area (Å²) >= 11 is 0. The SMILES string of the molecule is C#CC(NC)C1OCCC1C. The summed E-state index contributed by atoms with van der Waals surface area (Å²) in [4.78, 5) is 0. The van der Waals surface area contributed by atoms with Gasteiger partial charge in [-0.2, -0.15) is 0 Å². The molecule has 0 bridgehead atoms. The van der Waals surface area contributed by atoms with Gasteiger partial charge < -0.3 is 10.1 Å². The van der Waals surface area contributed by atoms with E-state index in [1.165, 1.54) is 0 Å². The average Bonchev–Trinajstić information content (AvgIpc) is 2.40. The van der Waals surface area contributed by atoms with Gasteiger partial charge >= 0.3 is 0 Å². The smallest absolute Gasteiger partial charge is 0.0952 e. The highest BCUT2D eigenvalue weighted by Gasteiger charge is 2.29. The molecule has 62 valence electrons. The predicted molar refractivity (Wildman–Crippen MR) is 45.2 cm³/mol. The van der Waals surface area contributed by atoms with Crippen LogP contribution in [0.5, 0.6) is 0 Å². The van der Waals surface area contributed by atoms with Crippen molar-refractivity contribution in [3.8, 4) is 12.3 Å². The van der Waals surface area contributed by atoms with Crippen molar-refractivity contribution in [3.63, 3.8) is 0 Å². The molecule has 2 heteroatoms. The van der Waals surface area contributed by atoms with Crippen LogP contribution in [0.1, 0.15) is 13.3 Å². The Hall–Kier alpha value is -0.520. The molecule has 2 nitrogen and oxygen atoms in total. The minimum atomic E-state index is 0.0764.